The summed E-state index contributed by atoms with van der Waals surface area (Å²) in [7, 11) is 0. The predicted molar refractivity (Wildman–Crippen MR) is 67.8 cm³/mol. The van der Waals surface area contributed by atoms with Crippen LogP contribution in [0, 0.1) is 0 Å². The first-order valence-electron chi connectivity index (χ1n) is 7.21. The van der Waals surface area contributed by atoms with Crippen LogP contribution >= 0.6 is 0 Å². The van der Waals surface area contributed by atoms with Gasteiger partial charge in [0.2, 0.25) is 0 Å². The van der Waals surface area contributed by atoms with Crippen LogP contribution in [0.4, 0.5) is 0 Å². The smallest absolute Gasteiger partial charge is 0.481 e. The fourth-order valence-electron chi connectivity index (χ4n) is 1.97. The molecule has 0 aromatic carbocycles. The fraction of sp³-hybridized carbons (Fsp3) is 0.929. The maximum atomic E-state index is 10.3. The van der Waals surface area contributed by atoms with E-state index in [0.717, 1.165) is 17.4 Å². The molecule has 0 aromatic rings. The SMILES string of the molecule is CC[CH]([Zn])CCCCCCCCCCC(=O)O. The van der Waals surface area contributed by atoms with Gasteiger partial charge in [0.1, 0.15) is 0 Å². The van der Waals surface area contributed by atoms with E-state index in [-0.39, 0.29) is 0 Å². The summed E-state index contributed by atoms with van der Waals surface area (Å²) in [5, 5.41) is 8.48. The van der Waals surface area contributed by atoms with Gasteiger partial charge >= 0.3 is 106 Å². The number of carboxylic acid groups (broad SMARTS) is 1. The molecule has 1 unspecified atom stereocenters. The predicted octanol–water partition coefficient (Wildman–Crippen LogP) is 4.72. The first kappa shape index (κ1) is 17.1. The van der Waals surface area contributed by atoms with E-state index in [1.54, 1.807) is 0 Å². The molecule has 0 aromatic heterocycles. The molecular weight excluding hydrogens is 266 g/mol. The van der Waals surface area contributed by atoms with Crippen molar-refractivity contribution in [2.75, 3.05) is 0 Å². The van der Waals surface area contributed by atoms with Crippen LogP contribution in [0.15, 0.2) is 0 Å². The molecule has 0 spiro atoms. The Morgan fingerprint density at radius 2 is 1.47 bits per heavy atom. The second-order valence-electron chi connectivity index (χ2n) is 5.04. The zero-order valence-corrected chi connectivity index (χ0v) is 14.4. The number of hydrogen-bond acceptors (Lipinski definition) is 1. The van der Waals surface area contributed by atoms with Gasteiger partial charge in [-0.05, 0) is 0 Å². The third kappa shape index (κ3) is 14.0. The number of unbranched alkanes of at least 4 members (excludes halogenated alkanes) is 7. The molecule has 0 bridgehead atoms. The summed E-state index contributed by atoms with van der Waals surface area (Å²) in [4.78, 5) is 10.3. The number of rotatable bonds is 12. The van der Waals surface area contributed by atoms with Gasteiger partial charge in [0.15, 0.2) is 0 Å². The molecule has 2 nitrogen and oxygen atoms in total. The molecule has 0 saturated heterocycles. The third-order valence-corrected chi connectivity index (χ3v) is 5.40. The summed E-state index contributed by atoms with van der Waals surface area (Å²) < 4.78 is 1.02. The van der Waals surface area contributed by atoms with Gasteiger partial charge < -0.3 is 5.11 Å². The average Bonchev–Trinajstić information content (AvgIpc) is 2.30. The first-order valence-corrected chi connectivity index (χ1v) is 8.93. The number of carbonyl (C=O) groups is 1. The van der Waals surface area contributed by atoms with Crippen LogP contribution in [0.1, 0.15) is 77.6 Å². The molecule has 1 atom stereocenters. The zero-order valence-electron chi connectivity index (χ0n) is 11.4. The Kier molecular flexibility index (Phi) is 12.6. The quantitative estimate of drug-likeness (QED) is 0.417. The van der Waals surface area contributed by atoms with E-state index >= 15 is 0 Å². The normalized spacial score (nSPS) is 12.6. The Hall–Kier alpha value is 0.0934. The Labute approximate surface area is 116 Å². The molecule has 0 radical (unpaired) electrons. The summed E-state index contributed by atoms with van der Waals surface area (Å²) in [5.74, 6) is -0.654. The van der Waals surface area contributed by atoms with Crippen molar-refractivity contribution >= 4 is 5.97 Å². The van der Waals surface area contributed by atoms with Crippen molar-refractivity contribution in [1.82, 2.24) is 0 Å². The van der Waals surface area contributed by atoms with Crippen molar-refractivity contribution in [3.05, 3.63) is 0 Å². The minimum atomic E-state index is -0.654. The minimum Gasteiger partial charge on any atom is -0.481 e. The molecule has 1 N–H and O–H groups in total. The molecule has 0 aliphatic rings. The minimum absolute atomic E-state index is 0.346. The molecule has 17 heavy (non-hydrogen) atoms. The molecule has 0 aliphatic carbocycles. The van der Waals surface area contributed by atoms with E-state index in [2.05, 4.69) is 6.92 Å². The van der Waals surface area contributed by atoms with Gasteiger partial charge in [-0.15, -0.1) is 0 Å². The summed E-state index contributed by atoms with van der Waals surface area (Å²) in [6, 6.07) is 0. The monoisotopic (exact) mass is 291 g/mol. The second-order valence-corrected chi connectivity index (χ2v) is 7.46. The van der Waals surface area contributed by atoms with Gasteiger partial charge in [-0.2, -0.15) is 0 Å². The van der Waals surface area contributed by atoms with Crippen LogP contribution in [-0.4, -0.2) is 11.1 Å². The van der Waals surface area contributed by atoms with E-state index in [1.807, 2.05) is 0 Å². The maximum absolute atomic E-state index is 10.3. The van der Waals surface area contributed by atoms with E-state index in [0.29, 0.717) is 6.42 Å². The molecule has 3 heteroatoms. The van der Waals surface area contributed by atoms with Crippen molar-refractivity contribution in [1.29, 1.82) is 0 Å². The molecule has 0 rings (SSSR count). The first-order chi connectivity index (χ1) is 8.16. The van der Waals surface area contributed by atoms with Crippen LogP contribution in [0.2, 0.25) is 4.51 Å². The van der Waals surface area contributed by atoms with E-state index in [9.17, 15) is 4.79 Å². The summed E-state index contributed by atoms with van der Waals surface area (Å²) in [5.41, 5.74) is 0. The van der Waals surface area contributed by atoms with Gasteiger partial charge in [0, 0.05) is 0 Å². The van der Waals surface area contributed by atoms with Crippen molar-refractivity contribution in [3.63, 3.8) is 0 Å². The second kappa shape index (κ2) is 12.5. The van der Waals surface area contributed by atoms with Gasteiger partial charge in [0.25, 0.3) is 0 Å². The molecule has 0 saturated carbocycles. The average molecular weight is 293 g/mol. The molecular formula is C14H27O2Zn. The van der Waals surface area contributed by atoms with E-state index in [4.69, 9.17) is 5.11 Å². The molecule has 0 fully saturated rings. The summed E-state index contributed by atoms with van der Waals surface area (Å²) >= 11 is 1.46. The van der Waals surface area contributed by atoms with Gasteiger partial charge in [-0.1, -0.05) is 0 Å². The van der Waals surface area contributed by atoms with Crippen LogP contribution in [0.25, 0.3) is 0 Å². The number of hydrogen-bond donors (Lipinski definition) is 1. The fourth-order valence-corrected chi connectivity index (χ4v) is 2.58. The van der Waals surface area contributed by atoms with E-state index in [1.165, 1.54) is 69.7 Å². The molecule has 0 heterocycles. The van der Waals surface area contributed by atoms with Gasteiger partial charge in [0.05, 0.1) is 0 Å². The van der Waals surface area contributed by atoms with E-state index < -0.39 is 5.97 Å². The Balaban J connectivity index is 3.01. The topological polar surface area (TPSA) is 37.3 Å². The molecule has 0 amide bonds. The number of aliphatic carboxylic acids is 1. The zero-order chi connectivity index (χ0) is 12.9. The van der Waals surface area contributed by atoms with Crippen LogP contribution in [-0.2, 0) is 23.1 Å². The van der Waals surface area contributed by atoms with Crippen LogP contribution in [0.3, 0.4) is 0 Å². The van der Waals surface area contributed by atoms with Gasteiger partial charge in [-0.25, -0.2) is 0 Å². The van der Waals surface area contributed by atoms with Crippen LogP contribution < -0.4 is 0 Å². The van der Waals surface area contributed by atoms with Crippen LogP contribution in [0.5, 0.6) is 0 Å². The standard InChI is InChI=1S/C14H27O2.Zn/c1-2-3-4-5-6-7-8-9-10-11-12-13-14(15)16;/h3H,2,4-13H2,1H3,(H,15,16);. The third-order valence-electron chi connectivity index (χ3n) is 3.33. The van der Waals surface area contributed by atoms with Crippen molar-refractivity contribution < 1.29 is 28.2 Å². The van der Waals surface area contributed by atoms with Crippen molar-refractivity contribution in [2.24, 2.45) is 0 Å². The van der Waals surface area contributed by atoms with Crippen molar-refractivity contribution in [2.45, 2.75) is 82.1 Å². The number of carboxylic acids is 1. The Morgan fingerprint density at radius 3 is 1.94 bits per heavy atom. The molecule has 97 valence electrons. The summed E-state index contributed by atoms with van der Waals surface area (Å²) in [6.45, 7) is 2.30. The summed E-state index contributed by atoms with van der Waals surface area (Å²) in [6.07, 6.45) is 13.1. The molecule has 0 aliphatic heterocycles. The van der Waals surface area contributed by atoms with Gasteiger partial charge in [-0.3, -0.25) is 4.79 Å². The Morgan fingerprint density at radius 1 is 1.00 bits per heavy atom. The Bertz CT molecular complexity index is 183. The van der Waals surface area contributed by atoms with Crippen molar-refractivity contribution in [3.8, 4) is 0 Å².